The van der Waals surface area contributed by atoms with Crippen molar-refractivity contribution in [3.05, 3.63) is 35.6 Å². The lowest BCUT2D eigenvalue weighted by atomic mass is 9.89. The fraction of sp³-hybridized carbons (Fsp3) is 0.600. The van der Waals surface area contributed by atoms with Crippen LogP contribution in [0.5, 0.6) is 0 Å². The number of carbonyl (C=O) groups excluding carboxylic acids is 1. The molecule has 1 amide bonds. The summed E-state index contributed by atoms with van der Waals surface area (Å²) in [6, 6.07) is 8.34. The first-order valence-electron chi connectivity index (χ1n) is 9.47. The van der Waals surface area contributed by atoms with Crippen molar-refractivity contribution in [3.63, 3.8) is 0 Å². The summed E-state index contributed by atoms with van der Waals surface area (Å²) in [4.78, 5) is 14.0. The minimum Gasteiger partial charge on any atom is -0.385 e. The summed E-state index contributed by atoms with van der Waals surface area (Å²) in [6.45, 7) is 0.269. The van der Waals surface area contributed by atoms with Crippen molar-refractivity contribution < 1.29 is 14.3 Å². The van der Waals surface area contributed by atoms with Crippen molar-refractivity contribution in [1.29, 1.82) is 5.26 Å². The summed E-state index contributed by atoms with van der Waals surface area (Å²) in [5, 5.41) is 23.5. The van der Waals surface area contributed by atoms with Crippen LogP contribution in [0.25, 0.3) is 0 Å². The van der Waals surface area contributed by atoms with Gasteiger partial charge < -0.3 is 15.3 Å². The number of benzene rings is 1. The summed E-state index contributed by atoms with van der Waals surface area (Å²) < 4.78 is 13.1. The third-order valence-corrected chi connectivity index (χ3v) is 7.33. The molecule has 1 aliphatic heterocycles. The Balaban J connectivity index is 1.29. The SMILES string of the molecule is N#C[C@@H]1CSCN1C(=O)CN[C@@H]1C[C@@H]2CC(O)(c3ccc(F)cc3)C[C@@H]2C1. The summed E-state index contributed by atoms with van der Waals surface area (Å²) >= 11 is 1.62. The summed E-state index contributed by atoms with van der Waals surface area (Å²) in [7, 11) is 0. The van der Waals surface area contributed by atoms with Gasteiger partial charge >= 0.3 is 0 Å². The number of hydrogen-bond donors (Lipinski definition) is 2. The third-order valence-electron chi connectivity index (χ3n) is 6.32. The highest BCUT2D eigenvalue weighted by molar-refractivity contribution is 7.99. The number of fused-ring (bicyclic) bond motifs is 1. The molecule has 5 atom stereocenters. The standard InChI is InChI=1S/C20H24FN3O2S/c21-16-3-1-15(2-4-16)20(26)7-13-5-17(6-14(13)8-20)23-10-19(25)24-12-27-11-18(24)9-22/h1-4,13-14,17-18,23,26H,5-8,10-12H2/t13-,14+,17-,18-,20?/m1/s1. The van der Waals surface area contributed by atoms with E-state index in [1.807, 2.05) is 0 Å². The van der Waals surface area contributed by atoms with Gasteiger partial charge in [-0.15, -0.1) is 11.8 Å². The topological polar surface area (TPSA) is 76.4 Å². The Hall–Kier alpha value is -1.62. The monoisotopic (exact) mass is 389 g/mol. The zero-order valence-corrected chi connectivity index (χ0v) is 15.9. The fourth-order valence-corrected chi connectivity index (χ4v) is 6.06. The Bertz CT molecular complexity index is 737. The molecule has 2 aliphatic carbocycles. The lowest BCUT2D eigenvalue weighted by Crippen LogP contribution is -2.43. The Morgan fingerprint density at radius 3 is 2.63 bits per heavy atom. The van der Waals surface area contributed by atoms with Crippen LogP contribution in [0.15, 0.2) is 24.3 Å². The molecule has 0 radical (unpaired) electrons. The third kappa shape index (κ3) is 3.71. The van der Waals surface area contributed by atoms with E-state index in [1.165, 1.54) is 12.1 Å². The van der Waals surface area contributed by atoms with Crippen molar-refractivity contribution >= 4 is 17.7 Å². The largest absolute Gasteiger partial charge is 0.385 e. The molecule has 1 aromatic carbocycles. The van der Waals surface area contributed by atoms with Crippen LogP contribution in [0.1, 0.15) is 31.2 Å². The van der Waals surface area contributed by atoms with Gasteiger partial charge in [0.2, 0.25) is 5.91 Å². The molecular weight excluding hydrogens is 365 g/mol. The second-order valence-corrected chi connectivity index (χ2v) is 9.02. The average Bonchev–Trinajstić information content (AvgIpc) is 3.33. The maximum atomic E-state index is 13.1. The molecule has 0 aromatic heterocycles. The van der Waals surface area contributed by atoms with Crippen LogP contribution in [0.2, 0.25) is 0 Å². The Labute approximate surface area is 162 Å². The van der Waals surface area contributed by atoms with Gasteiger partial charge in [0.15, 0.2) is 0 Å². The van der Waals surface area contributed by atoms with Gasteiger partial charge in [-0.3, -0.25) is 4.79 Å². The molecule has 0 bridgehead atoms. The van der Waals surface area contributed by atoms with Gasteiger partial charge in [-0.2, -0.15) is 5.26 Å². The molecule has 144 valence electrons. The van der Waals surface area contributed by atoms with E-state index >= 15 is 0 Å². The fourth-order valence-electron chi connectivity index (χ4n) is 4.95. The lowest BCUT2D eigenvalue weighted by molar-refractivity contribution is -0.129. The molecule has 3 fully saturated rings. The van der Waals surface area contributed by atoms with Crippen LogP contribution in [0.4, 0.5) is 4.39 Å². The van der Waals surface area contributed by atoms with Crippen molar-refractivity contribution in [2.24, 2.45) is 11.8 Å². The molecular formula is C20H24FN3O2S. The van der Waals surface area contributed by atoms with Crippen LogP contribution in [-0.2, 0) is 10.4 Å². The van der Waals surface area contributed by atoms with E-state index in [0.717, 1.165) is 18.4 Å². The molecule has 3 aliphatic rings. The number of hydrogen-bond acceptors (Lipinski definition) is 5. The molecule has 27 heavy (non-hydrogen) atoms. The quantitative estimate of drug-likeness (QED) is 0.826. The Kier molecular flexibility index (Phi) is 5.15. The highest BCUT2D eigenvalue weighted by atomic mass is 32.2. The van der Waals surface area contributed by atoms with Crippen molar-refractivity contribution in [2.45, 2.75) is 43.4 Å². The number of nitrogens with zero attached hydrogens (tertiary/aromatic N) is 2. The predicted molar refractivity (Wildman–Crippen MR) is 101 cm³/mol. The molecule has 7 heteroatoms. The second-order valence-electron chi connectivity index (χ2n) is 8.02. The smallest absolute Gasteiger partial charge is 0.238 e. The van der Waals surface area contributed by atoms with E-state index < -0.39 is 5.60 Å². The normalized spacial score (nSPS) is 35.2. The van der Waals surface area contributed by atoms with Crippen LogP contribution < -0.4 is 5.32 Å². The van der Waals surface area contributed by atoms with E-state index in [-0.39, 0.29) is 30.4 Å². The molecule has 1 unspecified atom stereocenters. The summed E-state index contributed by atoms with van der Waals surface area (Å²) in [5.74, 6) is 1.83. The molecule has 4 rings (SSSR count). The van der Waals surface area contributed by atoms with E-state index in [0.29, 0.717) is 36.3 Å². The van der Waals surface area contributed by atoms with Crippen molar-refractivity contribution in [1.82, 2.24) is 10.2 Å². The first kappa shape index (κ1) is 18.7. The van der Waals surface area contributed by atoms with E-state index in [4.69, 9.17) is 5.26 Å². The molecule has 5 nitrogen and oxygen atoms in total. The Morgan fingerprint density at radius 1 is 1.33 bits per heavy atom. The van der Waals surface area contributed by atoms with Gasteiger partial charge in [0.25, 0.3) is 0 Å². The molecule has 1 heterocycles. The second kappa shape index (κ2) is 7.42. The van der Waals surface area contributed by atoms with Gasteiger partial charge in [-0.1, -0.05) is 12.1 Å². The number of carbonyl (C=O) groups is 1. The molecule has 2 N–H and O–H groups in total. The van der Waals surface area contributed by atoms with Crippen molar-refractivity contribution in [2.75, 3.05) is 18.2 Å². The number of rotatable bonds is 4. The zero-order chi connectivity index (χ0) is 19.0. The van der Waals surface area contributed by atoms with Crippen LogP contribution >= 0.6 is 11.8 Å². The summed E-state index contributed by atoms with van der Waals surface area (Å²) in [6.07, 6.45) is 3.26. The average molecular weight is 389 g/mol. The molecule has 1 aromatic rings. The first-order valence-corrected chi connectivity index (χ1v) is 10.6. The van der Waals surface area contributed by atoms with Crippen LogP contribution in [0.3, 0.4) is 0 Å². The highest BCUT2D eigenvalue weighted by Gasteiger charge is 2.49. The number of amides is 1. The minimum absolute atomic E-state index is 0.00794. The number of halogens is 1. The van der Waals surface area contributed by atoms with Gasteiger partial charge in [0.1, 0.15) is 11.9 Å². The highest BCUT2D eigenvalue weighted by Crippen LogP contribution is 2.52. The Morgan fingerprint density at radius 2 is 2.00 bits per heavy atom. The molecule has 2 saturated carbocycles. The lowest BCUT2D eigenvalue weighted by Gasteiger charge is -2.26. The maximum Gasteiger partial charge on any atom is 0.238 e. The van der Waals surface area contributed by atoms with Crippen molar-refractivity contribution in [3.8, 4) is 6.07 Å². The summed E-state index contributed by atoms with van der Waals surface area (Å²) in [5.41, 5.74) is -0.0663. The van der Waals surface area contributed by atoms with E-state index in [9.17, 15) is 14.3 Å². The number of nitrogens with one attached hydrogen (secondary N) is 1. The predicted octanol–water partition coefficient (Wildman–Crippen LogP) is 2.22. The number of thioether (sulfide) groups is 1. The van der Waals surface area contributed by atoms with Crippen LogP contribution in [-0.4, -0.2) is 46.2 Å². The van der Waals surface area contributed by atoms with Crippen LogP contribution in [0, 0.1) is 29.0 Å². The van der Waals surface area contributed by atoms with Gasteiger partial charge in [-0.05, 0) is 55.2 Å². The van der Waals surface area contributed by atoms with Gasteiger partial charge in [-0.25, -0.2) is 4.39 Å². The van der Waals surface area contributed by atoms with E-state index in [1.54, 1.807) is 28.8 Å². The number of aliphatic hydroxyl groups is 1. The van der Waals surface area contributed by atoms with E-state index in [2.05, 4.69) is 11.4 Å². The maximum absolute atomic E-state index is 13.1. The molecule has 1 saturated heterocycles. The van der Waals surface area contributed by atoms with Gasteiger partial charge in [0, 0.05) is 11.8 Å². The zero-order valence-electron chi connectivity index (χ0n) is 15.1. The first-order chi connectivity index (χ1) is 13.0. The van der Waals surface area contributed by atoms with Gasteiger partial charge in [0.05, 0.1) is 24.1 Å². The minimum atomic E-state index is -0.864. The molecule has 0 spiro atoms. The number of nitriles is 1.